The number of hydrogen-bond donors (Lipinski definition) is 1. The first kappa shape index (κ1) is 20.3. The maximum atomic E-state index is 13.1. The third-order valence-corrected chi connectivity index (χ3v) is 6.60. The Hall–Kier alpha value is -2.97. The molecule has 3 aromatic heterocycles. The maximum Gasteiger partial charge on any atom is 0.226 e. The van der Waals surface area contributed by atoms with Gasteiger partial charge in [0.25, 0.3) is 0 Å². The summed E-state index contributed by atoms with van der Waals surface area (Å²) in [4.78, 5) is 24.2. The SMILES string of the molecule is COc1ccc([C@H](NC(=O)Cc2sc(C)nc2-c2cccs2)c2nccn2C)cc1. The van der Waals surface area contributed by atoms with E-state index in [1.165, 1.54) is 0 Å². The van der Waals surface area contributed by atoms with Gasteiger partial charge in [0.15, 0.2) is 0 Å². The Morgan fingerprint density at radius 3 is 2.70 bits per heavy atom. The third kappa shape index (κ3) is 4.29. The van der Waals surface area contributed by atoms with Gasteiger partial charge in [-0.05, 0) is 36.1 Å². The molecule has 6 nitrogen and oxygen atoms in total. The van der Waals surface area contributed by atoms with Crippen LogP contribution in [0.3, 0.4) is 0 Å². The number of benzene rings is 1. The predicted molar refractivity (Wildman–Crippen MR) is 120 cm³/mol. The van der Waals surface area contributed by atoms with Gasteiger partial charge in [-0.15, -0.1) is 22.7 Å². The van der Waals surface area contributed by atoms with Crippen molar-refractivity contribution in [3.8, 4) is 16.3 Å². The summed E-state index contributed by atoms with van der Waals surface area (Å²) < 4.78 is 7.18. The first-order valence-electron chi connectivity index (χ1n) is 9.46. The molecule has 4 aromatic rings. The number of amides is 1. The standard InChI is InChI=1S/C22H22N4O2S2/c1-14-24-21(17-5-4-12-29-17)18(30-14)13-19(27)25-20(22-23-10-11-26(22)2)15-6-8-16(28-3)9-7-15/h4-12,20H,13H2,1-3H3,(H,25,27)/t20-/m0/s1. The monoisotopic (exact) mass is 438 g/mol. The van der Waals surface area contributed by atoms with Crippen molar-refractivity contribution in [2.45, 2.75) is 19.4 Å². The number of nitrogens with one attached hydrogen (secondary N) is 1. The molecule has 0 aliphatic carbocycles. The van der Waals surface area contributed by atoms with Gasteiger partial charge >= 0.3 is 0 Å². The number of aromatic nitrogens is 3. The number of thiophene rings is 1. The summed E-state index contributed by atoms with van der Waals surface area (Å²) >= 11 is 3.20. The van der Waals surface area contributed by atoms with Crippen LogP contribution in [0.2, 0.25) is 0 Å². The number of ether oxygens (including phenoxy) is 1. The highest BCUT2D eigenvalue weighted by Gasteiger charge is 2.23. The van der Waals surface area contributed by atoms with Crippen molar-refractivity contribution in [1.82, 2.24) is 19.9 Å². The lowest BCUT2D eigenvalue weighted by Crippen LogP contribution is -2.32. The Bertz CT molecular complexity index is 1130. The Labute approximate surface area is 183 Å². The van der Waals surface area contributed by atoms with E-state index in [1.807, 2.05) is 66.5 Å². The van der Waals surface area contributed by atoms with Crippen molar-refractivity contribution >= 4 is 28.6 Å². The molecule has 0 unspecified atom stereocenters. The minimum absolute atomic E-state index is 0.0692. The van der Waals surface area contributed by atoms with E-state index < -0.39 is 0 Å². The molecule has 4 rings (SSSR count). The number of rotatable bonds is 7. The van der Waals surface area contributed by atoms with Gasteiger partial charge in [0.05, 0.1) is 29.1 Å². The Morgan fingerprint density at radius 1 is 1.27 bits per heavy atom. The summed E-state index contributed by atoms with van der Waals surface area (Å²) in [7, 11) is 3.56. The summed E-state index contributed by atoms with van der Waals surface area (Å²) in [6.07, 6.45) is 3.88. The number of methoxy groups -OCH3 is 1. The van der Waals surface area contributed by atoms with Crippen LogP contribution in [0, 0.1) is 6.92 Å². The van der Waals surface area contributed by atoms with Crippen LogP contribution in [-0.4, -0.2) is 27.6 Å². The number of carbonyl (C=O) groups excluding carboxylic acids is 1. The average molecular weight is 439 g/mol. The minimum atomic E-state index is -0.359. The van der Waals surface area contributed by atoms with Crippen molar-refractivity contribution in [2.24, 2.45) is 7.05 Å². The second kappa shape index (κ2) is 8.81. The molecule has 8 heteroatoms. The van der Waals surface area contributed by atoms with Crippen LogP contribution in [0.15, 0.2) is 54.2 Å². The lowest BCUT2D eigenvalue weighted by Gasteiger charge is -2.19. The summed E-state index contributed by atoms with van der Waals surface area (Å²) in [5.41, 5.74) is 1.85. The van der Waals surface area contributed by atoms with Crippen LogP contribution in [-0.2, 0) is 18.3 Å². The fraction of sp³-hybridized carbons (Fsp3) is 0.227. The van der Waals surface area contributed by atoms with Crippen molar-refractivity contribution in [2.75, 3.05) is 7.11 Å². The molecular weight excluding hydrogens is 416 g/mol. The Kier molecular flexibility index (Phi) is 5.96. The van der Waals surface area contributed by atoms with Gasteiger partial charge in [0.1, 0.15) is 17.6 Å². The van der Waals surface area contributed by atoms with Crippen molar-refractivity contribution < 1.29 is 9.53 Å². The smallest absolute Gasteiger partial charge is 0.226 e. The first-order valence-corrected chi connectivity index (χ1v) is 11.2. The molecule has 0 aliphatic rings. The normalized spacial score (nSPS) is 12.0. The molecule has 0 fully saturated rings. The van der Waals surface area contributed by atoms with E-state index in [9.17, 15) is 4.79 Å². The van der Waals surface area contributed by atoms with Crippen LogP contribution in [0.1, 0.15) is 27.3 Å². The molecule has 1 amide bonds. The van der Waals surface area contributed by atoms with Gasteiger partial charge < -0.3 is 14.6 Å². The van der Waals surface area contributed by atoms with Crippen LogP contribution in [0.25, 0.3) is 10.6 Å². The van der Waals surface area contributed by atoms with E-state index in [0.29, 0.717) is 0 Å². The number of nitrogens with zero attached hydrogens (tertiary/aromatic N) is 3. The van der Waals surface area contributed by atoms with E-state index >= 15 is 0 Å². The molecule has 154 valence electrons. The molecular formula is C22H22N4O2S2. The molecule has 1 atom stereocenters. The number of carbonyl (C=O) groups is 1. The van der Waals surface area contributed by atoms with Crippen molar-refractivity contribution in [1.29, 1.82) is 0 Å². The fourth-order valence-electron chi connectivity index (χ4n) is 3.30. The summed E-state index contributed by atoms with van der Waals surface area (Å²) in [6.45, 7) is 1.97. The zero-order chi connectivity index (χ0) is 21.1. The molecule has 0 bridgehead atoms. The van der Waals surface area contributed by atoms with Crippen LogP contribution in [0.4, 0.5) is 0 Å². The predicted octanol–water partition coefficient (Wildman–Crippen LogP) is 4.37. The lowest BCUT2D eigenvalue weighted by molar-refractivity contribution is -0.120. The van der Waals surface area contributed by atoms with Gasteiger partial charge in [-0.3, -0.25) is 4.79 Å². The molecule has 0 aliphatic heterocycles. The molecule has 3 heterocycles. The van der Waals surface area contributed by atoms with Crippen molar-refractivity contribution in [3.05, 3.63) is 75.4 Å². The van der Waals surface area contributed by atoms with E-state index in [2.05, 4.69) is 15.3 Å². The molecule has 30 heavy (non-hydrogen) atoms. The zero-order valence-corrected chi connectivity index (χ0v) is 18.6. The van der Waals surface area contributed by atoms with Gasteiger partial charge in [-0.2, -0.15) is 0 Å². The van der Waals surface area contributed by atoms with E-state index in [0.717, 1.165) is 37.6 Å². The van der Waals surface area contributed by atoms with Gasteiger partial charge in [0, 0.05) is 24.3 Å². The second-order valence-corrected chi connectivity index (χ2v) is 9.06. The number of imidazole rings is 1. The molecule has 1 N–H and O–H groups in total. The maximum absolute atomic E-state index is 13.1. The molecule has 1 aromatic carbocycles. The number of hydrogen-bond acceptors (Lipinski definition) is 6. The average Bonchev–Trinajstić information content (AvgIpc) is 3.48. The highest BCUT2D eigenvalue weighted by atomic mass is 32.1. The highest BCUT2D eigenvalue weighted by molar-refractivity contribution is 7.15. The summed E-state index contributed by atoms with van der Waals surface area (Å²) in [5, 5.41) is 6.14. The Morgan fingerprint density at radius 2 is 2.07 bits per heavy atom. The summed E-state index contributed by atoms with van der Waals surface area (Å²) in [6, 6.07) is 11.4. The lowest BCUT2D eigenvalue weighted by atomic mass is 10.1. The van der Waals surface area contributed by atoms with Gasteiger partial charge in [-0.25, -0.2) is 9.97 Å². The van der Waals surface area contributed by atoms with Crippen molar-refractivity contribution in [3.63, 3.8) is 0 Å². The first-order chi connectivity index (χ1) is 14.5. The molecule has 0 saturated carbocycles. The quantitative estimate of drug-likeness (QED) is 0.465. The minimum Gasteiger partial charge on any atom is -0.497 e. The van der Waals surface area contributed by atoms with Crippen LogP contribution in [0.5, 0.6) is 5.75 Å². The van der Waals surface area contributed by atoms with Gasteiger partial charge in [-0.1, -0.05) is 18.2 Å². The van der Waals surface area contributed by atoms with Gasteiger partial charge in [0.2, 0.25) is 5.91 Å². The molecule has 0 spiro atoms. The largest absolute Gasteiger partial charge is 0.497 e. The van der Waals surface area contributed by atoms with E-state index in [4.69, 9.17) is 4.74 Å². The molecule has 0 radical (unpaired) electrons. The zero-order valence-electron chi connectivity index (χ0n) is 17.0. The van der Waals surface area contributed by atoms with E-state index in [-0.39, 0.29) is 18.4 Å². The summed E-state index contributed by atoms with van der Waals surface area (Å²) in [5.74, 6) is 1.47. The third-order valence-electron chi connectivity index (χ3n) is 4.75. The molecule has 0 saturated heterocycles. The number of aryl methyl sites for hydroxylation is 2. The number of thiazole rings is 1. The van der Waals surface area contributed by atoms with Crippen LogP contribution < -0.4 is 10.1 Å². The second-order valence-electron chi connectivity index (χ2n) is 6.83. The van der Waals surface area contributed by atoms with Crippen LogP contribution >= 0.6 is 22.7 Å². The fourth-order valence-corrected chi connectivity index (χ4v) is 5.06. The topological polar surface area (TPSA) is 69.0 Å². The Balaban J connectivity index is 1.59. The highest BCUT2D eigenvalue weighted by Crippen LogP contribution is 2.32. The van der Waals surface area contributed by atoms with E-state index in [1.54, 1.807) is 36.0 Å².